The molecule has 0 saturated carbocycles. The molecule has 0 fully saturated rings. The highest BCUT2D eigenvalue weighted by atomic mass is 19.2. The third-order valence-corrected chi connectivity index (χ3v) is 3.25. The summed E-state index contributed by atoms with van der Waals surface area (Å²) in [7, 11) is 0. The van der Waals surface area contributed by atoms with Crippen LogP contribution >= 0.6 is 0 Å². The standard InChI is InChI=1S/C13H10F2N2O2/c14-8-4-3-7(6-9(8)15)11-10-2-1-5-17(10)16-12(11)13(18)19/h3-4,6H,1-2,5H2,(H,18,19). The van der Waals surface area contributed by atoms with E-state index in [1.54, 1.807) is 4.68 Å². The third kappa shape index (κ3) is 1.80. The summed E-state index contributed by atoms with van der Waals surface area (Å²) in [5.74, 6) is -3.11. The van der Waals surface area contributed by atoms with E-state index in [9.17, 15) is 13.6 Å². The number of aryl methyl sites for hydroxylation is 1. The van der Waals surface area contributed by atoms with Gasteiger partial charge in [-0.3, -0.25) is 4.68 Å². The number of halogens is 2. The van der Waals surface area contributed by atoms with Gasteiger partial charge in [-0.2, -0.15) is 5.10 Å². The summed E-state index contributed by atoms with van der Waals surface area (Å²) in [5, 5.41) is 13.2. The summed E-state index contributed by atoms with van der Waals surface area (Å²) < 4.78 is 27.9. The van der Waals surface area contributed by atoms with Gasteiger partial charge < -0.3 is 5.11 Å². The predicted molar refractivity (Wildman–Crippen MR) is 62.9 cm³/mol. The Morgan fingerprint density at radius 1 is 1.32 bits per heavy atom. The van der Waals surface area contributed by atoms with Crippen molar-refractivity contribution in [1.29, 1.82) is 0 Å². The van der Waals surface area contributed by atoms with Crippen molar-refractivity contribution in [3.63, 3.8) is 0 Å². The van der Waals surface area contributed by atoms with Gasteiger partial charge in [0.15, 0.2) is 17.3 Å². The van der Waals surface area contributed by atoms with Crippen molar-refractivity contribution in [3.05, 3.63) is 41.2 Å². The number of rotatable bonds is 2. The van der Waals surface area contributed by atoms with Crippen molar-refractivity contribution in [2.45, 2.75) is 19.4 Å². The number of benzene rings is 1. The van der Waals surface area contributed by atoms with Gasteiger partial charge in [0.1, 0.15) is 0 Å². The molecule has 0 radical (unpaired) electrons. The summed E-state index contributed by atoms with van der Waals surface area (Å²) >= 11 is 0. The van der Waals surface area contributed by atoms with Crippen molar-refractivity contribution >= 4 is 5.97 Å². The van der Waals surface area contributed by atoms with Crippen molar-refractivity contribution in [2.24, 2.45) is 0 Å². The van der Waals surface area contributed by atoms with E-state index < -0.39 is 17.6 Å². The molecule has 6 heteroatoms. The van der Waals surface area contributed by atoms with E-state index in [0.29, 0.717) is 24.1 Å². The van der Waals surface area contributed by atoms with Crippen LogP contribution in [-0.4, -0.2) is 20.9 Å². The van der Waals surface area contributed by atoms with Crippen LogP contribution in [0.2, 0.25) is 0 Å². The molecule has 19 heavy (non-hydrogen) atoms. The predicted octanol–water partition coefficient (Wildman–Crippen LogP) is 2.47. The Morgan fingerprint density at radius 2 is 2.11 bits per heavy atom. The number of hydrogen-bond donors (Lipinski definition) is 1. The zero-order valence-corrected chi connectivity index (χ0v) is 9.86. The van der Waals surface area contributed by atoms with Gasteiger partial charge in [0, 0.05) is 17.8 Å². The normalized spacial score (nSPS) is 13.6. The summed E-state index contributed by atoms with van der Waals surface area (Å²) in [4.78, 5) is 11.2. The molecule has 4 nitrogen and oxygen atoms in total. The van der Waals surface area contributed by atoms with E-state index in [2.05, 4.69) is 5.10 Å². The van der Waals surface area contributed by atoms with Crippen molar-refractivity contribution in [2.75, 3.05) is 0 Å². The van der Waals surface area contributed by atoms with Gasteiger partial charge in [-0.25, -0.2) is 13.6 Å². The molecule has 0 saturated heterocycles. The molecule has 1 aliphatic heterocycles. The quantitative estimate of drug-likeness (QED) is 0.906. The molecule has 1 N–H and O–H groups in total. The first kappa shape index (κ1) is 11.8. The van der Waals surface area contributed by atoms with Crippen molar-refractivity contribution in [1.82, 2.24) is 9.78 Å². The Morgan fingerprint density at radius 3 is 2.79 bits per heavy atom. The first-order chi connectivity index (χ1) is 9.08. The van der Waals surface area contributed by atoms with Gasteiger partial charge in [0.25, 0.3) is 0 Å². The SMILES string of the molecule is O=C(O)c1nn2c(c1-c1ccc(F)c(F)c1)CCC2. The van der Waals surface area contributed by atoms with Crippen LogP contribution in [0.5, 0.6) is 0 Å². The van der Waals surface area contributed by atoms with Crippen LogP contribution in [-0.2, 0) is 13.0 Å². The number of nitrogens with zero attached hydrogens (tertiary/aromatic N) is 2. The van der Waals surface area contributed by atoms with Crippen LogP contribution in [0, 0.1) is 11.6 Å². The number of carboxylic acids is 1. The largest absolute Gasteiger partial charge is 0.476 e. The van der Waals surface area contributed by atoms with Crippen molar-refractivity contribution in [3.8, 4) is 11.1 Å². The topological polar surface area (TPSA) is 55.1 Å². The fourth-order valence-corrected chi connectivity index (χ4v) is 2.44. The summed E-state index contributed by atoms with van der Waals surface area (Å²) in [6, 6.07) is 3.38. The molecule has 98 valence electrons. The first-order valence-corrected chi connectivity index (χ1v) is 5.86. The lowest BCUT2D eigenvalue weighted by molar-refractivity contribution is 0.0690. The molecule has 0 amide bonds. The van der Waals surface area contributed by atoms with Gasteiger partial charge in [-0.1, -0.05) is 6.07 Å². The molecule has 2 heterocycles. The van der Waals surface area contributed by atoms with Gasteiger partial charge >= 0.3 is 5.97 Å². The molecular formula is C13H10F2N2O2. The molecular weight excluding hydrogens is 254 g/mol. The molecule has 3 rings (SSSR count). The number of aromatic nitrogens is 2. The highest BCUT2D eigenvalue weighted by Gasteiger charge is 2.26. The molecule has 0 unspecified atom stereocenters. The second-order valence-electron chi connectivity index (χ2n) is 4.43. The van der Waals surface area contributed by atoms with E-state index >= 15 is 0 Å². The zero-order valence-electron chi connectivity index (χ0n) is 9.86. The van der Waals surface area contributed by atoms with Crippen LogP contribution < -0.4 is 0 Å². The van der Waals surface area contributed by atoms with E-state index in [1.807, 2.05) is 0 Å². The van der Waals surface area contributed by atoms with Crippen LogP contribution in [0.15, 0.2) is 18.2 Å². The molecule has 1 aromatic carbocycles. The van der Waals surface area contributed by atoms with Gasteiger partial charge in [0.2, 0.25) is 0 Å². The number of carbonyl (C=O) groups is 1. The van der Waals surface area contributed by atoms with Crippen LogP contribution in [0.1, 0.15) is 22.6 Å². The lowest BCUT2D eigenvalue weighted by atomic mass is 10.0. The number of aromatic carboxylic acids is 1. The summed E-state index contributed by atoms with van der Waals surface area (Å²) in [6.45, 7) is 0.652. The highest BCUT2D eigenvalue weighted by molar-refractivity contribution is 5.95. The summed E-state index contributed by atoms with van der Waals surface area (Å²) in [6.07, 6.45) is 1.56. The number of carboxylic acid groups (broad SMARTS) is 1. The Hall–Kier alpha value is -2.24. The van der Waals surface area contributed by atoms with Crippen LogP contribution in [0.4, 0.5) is 8.78 Å². The van der Waals surface area contributed by atoms with Crippen LogP contribution in [0.3, 0.4) is 0 Å². The lowest BCUT2D eigenvalue weighted by Gasteiger charge is -2.03. The second-order valence-corrected chi connectivity index (χ2v) is 4.43. The Labute approximate surface area is 107 Å². The third-order valence-electron chi connectivity index (χ3n) is 3.25. The minimum atomic E-state index is -1.17. The molecule has 2 aromatic rings. The van der Waals surface area contributed by atoms with Crippen molar-refractivity contribution < 1.29 is 18.7 Å². The van der Waals surface area contributed by atoms with Gasteiger partial charge in [-0.05, 0) is 30.5 Å². The molecule has 1 aliphatic rings. The molecule has 0 bridgehead atoms. The van der Waals surface area contributed by atoms with E-state index in [1.165, 1.54) is 6.07 Å². The van der Waals surface area contributed by atoms with E-state index in [-0.39, 0.29) is 5.69 Å². The maximum Gasteiger partial charge on any atom is 0.357 e. The van der Waals surface area contributed by atoms with Crippen LogP contribution in [0.25, 0.3) is 11.1 Å². The number of hydrogen-bond acceptors (Lipinski definition) is 2. The maximum atomic E-state index is 13.3. The Balaban J connectivity index is 2.23. The van der Waals surface area contributed by atoms with Gasteiger partial charge in [-0.15, -0.1) is 0 Å². The lowest BCUT2D eigenvalue weighted by Crippen LogP contribution is -2.02. The minimum absolute atomic E-state index is 0.110. The second kappa shape index (κ2) is 4.15. The van der Waals surface area contributed by atoms with E-state index in [0.717, 1.165) is 24.2 Å². The minimum Gasteiger partial charge on any atom is -0.476 e. The first-order valence-electron chi connectivity index (χ1n) is 5.86. The fraction of sp³-hybridized carbons (Fsp3) is 0.231. The van der Waals surface area contributed by atoms with Gasteiger partial charge in [0.05, 0.1) is 0 Å². The molecule has 0 spiro atoms. The average molecular weight is 264 g/mol. The van der Waals surface area contributed by atoms with E-state index in [4.69, 9.17) is 5.11 Å². The Bertz CT molecular complexity index is 680. The fourth-order valence-electron chi connectivity index (χ4n) is 2.44. The monoisotopic (exact) mass is 264 g/mol. The smallest absolute Gasteiger partial charge is 0.357 e. The zero-order chi connectivity index (χ0) is 13.6. The highest BCUT2D eigenvalue weighted by Crippen LogP contribution is 2.32. The maximum absolute atomic E-state index is 13.3. The average Bonchev–Trinajstić information content (AvgIpc) is 2.92. The molecule has 1 aromatic heterocycles. The Kier molecular flexibility index (Phi) is 2.58. The number of fused-ring (bicyclic) bond motifs is 1. The molecule has 0 aliphatic carbocycles. The molecule has 0 atom stereocenters. The summed E-state index contributed by atoms with van der Waals surface area (Å²) in [5.41, 5.74) is 1.40.